The van der Waals surface area contributed by atoms with E-state index >= 15 is 0 Å². The first kappa shape index (κ1) is 19.4. The number of halogens is 1. The number of para-hydroxylation sites is 1. The van der Waals surface area contributed by atoms with Crippen LogP contribution in [0, 0.1) is 10.3 Å². The first-order valence-corrected chi connectivity index (χ1v) is 10.5. The van der Waals surface area contributed by atoms with Gasteiger partial charge < -0.3 is 4.42 Å². The molecule has 7 heteroatoms. The Morgan fingerprint density at radius 1 is 0.897 bits per heavy atom. The molecule has 0 radical (unpaired) electrons. The van der Waals surface area contributed by atoms with Crippen molar-refractivity contribution in [3.05, 3.63) is 83.1 Å². The van der Waals surface area contributed by atoms with Crippen molar-refractivity contribution in [3.63, 3.8) is 0 Å². The third kappa shape index (κ3) is 3.60. The summed E-state index contributed by atoms with van der Waals surface area (Å²) in [6.45, 7) is 0. The van der Waals surface area contributed by atoms with E-state index in [1.165, 1.54) is 24.3 Å². The van der Waals surface area contributed by atoms with E-state index in [1.54, 1.807) is 24.3 Å². The van der Waals surface area contributed by atoms with E-state index in [4.69, 9.17) is 16.6 Å². The highest BCUT2D eigenvalue weighted by Crippen LogP contribution is 2.37. The predicted octanol–water partition coefficient (Wildman–Crippen LogP) is 5.97. The van der Waals surface area contributed by atoms with E-state index in [-0.39, 0.29) is 10.7 Å². The Morgan fingerprint density at radius 2 is 1.52 bits per heavy atom. The van der Waals surface area contributed by atoms with Gasteiger partial charge in [0.25, 0.3) is 10.1 Å². The smallest absolute Gasteiger partial charge is 0.296 e. The molecule has 0 saturated heterocycles. The summed E-state index contributed by atoms with van der Waals surface area (Å²) in [6, 6.07) is 19.5. The maximum Gasteiger partial charge on any atom is 0.296 e. The zero-order chi connectivity index (χ0) is 20.6. The summed E-state index contributed by atoms with van der Waals surface area (Å²) in [4.78, 5) is 0.0338. The molecular weight excluding hydrogens is 411 g/mol. The topological polar surface area (TPSA) is 56.5 Å². The van der Waals surface area contributed by atoms with Gasteiger partial charge in [0.15, 0.2) is 0 Å². The summed E-state index contributed by atoms with van der Waals surface area (Å²) >= 11 is 5.73. The molecule has 0 bridgehead atoms. The van der Waals surface area contributed by atoms with Crippen LogP contribution in [0.1, 0.15) is 0 Å². The van der Waals surface area contributed by atoms with Crippen molar-refractivity contribution >= 4 is 33.3 Å². The van der Waals surface area contributed by atoms with Gasteiger partial charge in [0.05, 0.1) is 16.5 Å². The first-order chi connectivity index (χ1) is 13.9. The average molecular weight is 426 g/mol. The summed E-state index contributed by atoms with van der Waals surface area (Å²) < 4.78 is 48.5. The maximum atomic E-state index is 13.5. The van der Waals surface area contributed by atoms with Crippen molar-refractivity contribution in [2.24, 2.45) is 0 Å². The second-order valence-corrected chi connectivity index (χ2v) is 8.40. The van der Waals surface area contributed by atoms with E-state index in [2.05, 4.69) is 4.18 Å². The van der Waals surface area contributed by atoms with E-state index in [9.17, 15) is 12.8 Å². The fourth-order valence-electron chi connectivity index (χ4n) is 3.09. The average Bonchev–Trinajstić information content (AvgIpc) is 2.75. The molecule has 4 nitrogen and oxygen atoms in total. The molecular formula is C22H15FO4S2. The number of rotatable bonds is 4. The molecule has 1 heterocycles. The molecule has 0 amide bonds. The molecule has 0 atom stereocenters. The largest absolute Gasteiger partial charge is 0.455 e. The van der Waals surface area contributed by atoms with Crippen molar-refractivity contribution in [1.29, 1.82) is 0 Å². The molecule has 0 N–H and O–H groups in total. The Bertz CT molecular complexity index is 1360. The standard InChI is InChI=1S/C22H15FO4S2/c1-26-29(24,25)17-12-8-15(9-13-17)21-20(14-6-10-16(23)11-7-14)22(28)18-4-2-3-5-19(18)27-21/h2-13H,1H3. The summed E-state index contributed by atoms with van der Waals surface area (Å²) in [7, 11) is -2.69. The van der Waals surface area contributed by atoms with Gasteiger partial charge in [-0.15, -0.1) is 0 Å². The monoisotopic (exact) mass is 426 g/mol. The molecule has 1 aromatic heterocycles. The minimum absolute atomic E-state index is 0.0338. The van der Waals surface area contributed by atoms with Crippen LogP contribution in [-0.4, -0.2) is 15.5 Å². The SMILES string of the molecule is COS(=O)(=O)c1ccc(-c2oc3ccccc3c(=S)c2-c2ccc(F)cc2)cc1. The molecule has 4 aromatic rings. The van der Waals surface area contributed by atoms with Gasteiger partial charge >= 0.3 is 0 Å². The van der Waals surface area contributed by atoms with Crippen molar-refractivity contribution in [3.8, 4) is 22.5 Å². The van der Waals surface area contributed by atoms with Crippen LogP contribution < -0.4 is 0 Å². The Balaban J connectivity index is 1.99. The quantitative estimate of drug-likeness (QED) is 0.297. The molecule has 0 fully saturated rings. The molecule has 29 heavy (non-hydrogen) atoms. The lowest BCUT2D eigenvalue weighted by Gasteiger charge is -2.12. The van der Waals surface area contributed by atoms with Gasteiger partial charge in [-0.2, -0.15) is 8.42 Å². The van der Waals surface area contributed by atoms with Crippen LogP contribution in [0.25, 0.3) is 33.4 Å². The summed E-state index contributed by atoms with van der Waals surface area (Å²) in [5, 5.41) is 0.768. The van der Waals surface area contributed by atoms with Gasteiger partial charge in [0, 0.05) is 16.5 Å². The molecule has 3 aromatic carbocycles. The highest BCUT2D eigenvalue weighted by atomic mass is 32.2. The van der Waals surface area contributed by atoms with Gasteiger partial charge in [0.2, 0.25) is 0 Å². The van der Waals surface area contributed by atoms with Gasteiger partial charge in [0.1, 0.15) is 17.2 Å². The second kappa shape index (κ2) is 7.51. The normalized spacial score (nSPS) is 11.7. The van der Waals surface area contributed by atoms with Crippen LogP contribution in [0.15, 0.2) is 82.1 Å². The van der Waals surface area contributed by atoms with Crippen molar-refractivity contribution in [1.82, 2.24) is 0 Å². The fourth-order valence-corrected chi connectivity index (χ4v) is 4.13. The van der Waals surface area contributed by atoms with Crippen LogP contribution in [-0.2, 0) is 14.3 Å². The van der Waals surface area contributed by atoms with E-state index < -0.39 is 10.1 Å². The zero-order valence-corrected chi connectivity index (χ0v) is 16.9. The molecule has 0 spiro atoms. The molecule has 0 aliphatic rings. The van der Waals surface area contributed by atoms with E-state index in [1.807, 2.05) is 24.3 Å². The summed E-state index contributed by atoms with van der Waals surface area (Å²) in [6.07, 6.45) is 0. The van der Waals surface area contributed by atoms with Crippen molar-refractivity contribution in [2.75, 3.05) is 7.11 Å². The highest BCUT2D eigenvalue weighted by molar-refractivity contribution is 7.86. The molecule has 4 rings (SSSR count). The Labute approximate surface area is 172 Å². The molecule has 0 aliphatic carbocycles. The summed E-state index contributed by atoms with van der Waals surface area (Å²) in [5.41, 5.74) is 2.58. The van der Waals surface area contributed by atoms with Gasteiger partial charge in [-0.25, -0.2) is 4.39 Å². The maximum absolute atomic E-state index is 13.5. The zero-order valence-electron chi connectivity index (χ0n) is 15.3. The number of fused-ring (bicyclic) bond motifs is 1. The van der Waals surface area contributed by atoms with E-state index in [0.717, 1.165) is 12.5 Å². The number of hydrogen-bond donors (Lipinski definition) is 0. The molecule has 0 unspecified atom stereocenters. The van der Waals surface area contributed by atoms with Crippen LogP contribution >= 0.6 is 12.2 Å². The van der Waals surface area contributed by atoms with Crippen LogP contribution in [0.3, 0.4) is 0 Å². The Kier molecular flexibility index (Phi) is 5.04. The summed E-state index contributed by atoms with van der Waals surface area (Å²) in [5.74, 6) is 0.120. The highest BCUT2D eigenvalue weighted by Gasteiger charge is 2.18. The number of benzene rings is 3. The fraction of sp³-hybridized carbons (Fsp3) is 0.0455. The Morgan fingerprint density at radius 3 is 2.17 bits per heavy atom. The minimum Gasteiger partial charge on any atom is -0.455 e. The van der Waals surface area contributed by atoms with Gasteiger partial charge in [-0.05, 0) is 54.1 Å². The van der Waals surface area contributed by atoms with Crippen LogP contribution in [0.2, 0.25) is 0 Å². The third-order valence-corrected chi connectivity index (χ3v) is 6.27. The van der Waals surface area contributed by atoms with Crippen molar-refractivity contribution in [2.45, 2.75) is 4.90 Å². The second-order valence-electron chi connectivity index (χ2n) is 6.28. The minimum atomic E-state index is -3.80. The lowest BCUT2D eigenvalue weighted by molar-refractivity contribution is 0.398. The molecule has 0 aliphatic heterocycles. The van der Waals surface area contributed by atoms with Gasteiger partial charge in [-0.1, -0.05) is 36.5 Å². The van der Waals surface area contributed by atoms with Crippen LogP contribution in [0.5, 0.6) is 0 Å². The lowest BCUT2D eigenvalue weighted by atomic mass is 9.99. The number of hydrogen-bond acceptors (Lipinski definition) is 5. The van der Waals surface area contributed by atoms with Gasteiger partial charge in [-0.3, -0.25) is 4.18 Å². The lowest BCUT2D eigenvalue weighted by Crippen LogP contribution is -2.02. The molecule has 146 valence electrons. The van der Waals surface area contributed by atoms with Crippen LogP contribution in [0.4, 0.5) is 4.39 Å². The van der Waals surface area contributed by atoms with E-state index in [0.29, 0.717) is 32.5 Å². The van der Waals surface area contributed by atoms with Crippen molar-refractivity contribution < 1.29 is 21.4 Å². The molecule has 0 saturated carbocycles. The predicted molar refractivity (Wildman–Crippen MR) is 112 cm³/mol. The third-order valence-electron chi connectivity index (χ3n) is 4.56. The Hall–Kier alpha value is -2.87. The first-order valence-electron chi connectivity index (χ1n) is 8.63.